The van der Waals surface area contributed by atoms with Crippen LogP contribution in [0.25, 0.3) is 0 Å². The average molecular weight is 213 g/mol. The number of nitrogens with one attached hydrogen (secondary N) is 1. The van der Waals surface area contributed by atoms with Crippen molar-refractivity contribution in [3.05, 3.63) is 0 Å². The van der Waals surface area contributed by atoms with E-state index in [-0.39, 0.29) is 0 Å². The van der Waals surface area contributed by atoms with Crippen LogP contribution in [0.2, 0.25) is 0 Å². The van der Waals surface area contributed by atoms with Crippen LogP contribution >= 0.6 is 0 Å². The molecular formula is C13H27NO. The van der Waals surface area contributed by atoms with Crippen molar-refractivity contribution < 1.29 is 4.74 Å². The predicted molar refractivity (Wildman–Crippen MR) is 65.1 cm³/mol. The zero-order valence-electron chi connectivity index (χ0n) is 10.4. The molecule has 15 heavy (non-hydrogen) atoms. The van der Waals surface area contributed by atoms with E-state index in [1.54, 1.807) is 0 Å². The van der Waals surface area contributed by atoms with E-state index in [4.69, 9.17) is 4.74 Å². The smallest absolute Gasteiger partial charge is 0.0480 e. The quantitative estimate of drug-likeness (QED) is 0.626. The Balaban J connectivity index is 2.05. The third-order valence-corrected chi connectivity index (χ3v) is 3.56. The molecule has 0 aromatic heterocycles. The molecule has 0 saturated heterocycles. The minimum absolute atomic E-state index is 0.689. The first-order valence-corrected chi connectivity index (χ1v) is 6.63. The van der Waals surface area contributed by atoms with Crippen LogP contribution < -0.4 is 5.32 Å². The molecule has 0 spiro atoms. The zero-order chi connectivity index (χ0) is 10.9. The van der Waals surface area contributed by atoms with Gasteiger partial charge in [0.05, 0.1) is 0 Å². The fourth-order valence-corrected chi connectivity index (χ4v) is 2.53. The topological polar surface area (TPSA) is 21.3 Å². The van der Waals surface area contributed by atoms with E-state index in [1.165, 1.54) is 44.9 Å². The number of ether oxygens (including phenoxy) is 1. The molecular weight excluding hydrogens is 186 g/mol. The predicted octanol–water partition coefficient (Wildman–Crippen LogP) is 2.97. The third-order valence-electron chi connectivity index (χ3n) is 3.56. The summed E-state index contributed by atoms with van der Waals surface area (Å²) in [5, 5.41) is 3.45. The maximum absolute atomic E-state index is 5.63. The fourth-order valence-electron chi connectivity index (χ4n) is 2.53. The van der Waals surface area contributed by atoms with Crippen LogP contribution in [0.4, 0.5) is 0 Å². The highest BCUT2D eigenvalue weighted by atomic mass is 16.5. The third kappa shape index (κ3) is 4.98. The summed E-state index contributed by atoms with van der Waals surface area (Å²) >= 11 is 0. The summed E-state index contributed by atoms with van der Waals surface area (Å²) in [7, 11) is 2.09. The molecule has 0 aromatic rings. The van der Waals surface area contributed by atoms with Crippen molar-refractivity contribution in [2.24, 2.45) is 5.92 Å². The number of rotatable bonds is 8. The van der Waals surface area contributed by atoms with Crippen molar-refractivity contribution in [2.75, 3.05) is 20.3 Å². The lowest BCUT2D eigenvalue weighted by atomic mass is 9.96. The van der Waals surface area contributed by atoms with E-state index in [0.717, 1.165) is 19.1 Å². The Kier molecular flexibility index (Phi) is 7.03. The minimum atomic E-state index is 0.689. The molecule has 0 aromatic carbocycles. The van der Waals surface area contributed by atoms with E-state index < -0.39 is 0 Å². The van der Waals surface area contributed by atoms with Crippen molar-refractivity contribution in [3.8, 4) is 0 Å². The van der Waals surface area contributed by atoms with Gasteiger partial charge in [-0.05, 0) is 38.6 Å². The van der Waals surface area contributed by atoms with Gasteiger partial charge in [0.15, 0.2) is 0 Å². The van der Waals surface area contributed by atoms with Crippen LogP contribution in [0.1, 0.15) is 51.9 Å². The van der Waals surface area contributed by atoms with Crippen LogP contribution in [0.15, 0.2) is 0 Å². The fraction of sp³-hybridized carbons (Fsp3) is 1.00. The Labute approximate surface area is 94.8 Å². The summed E-state index contributed by atoms with van der Waals surface area (Å²) in [5.41, 5.74) is 0. The number of hydrogen-bond donors (Lipinski definition) is 1. The molecule has 1 saturated carbocycles. The van der Waals surface area contributed by atoms with Crippen molar-refractivity contribution in [1.29, 1.82) is 0 Å². The molecule has 1 aliphatic rings. The first-order chi connectivity index (χ1) is 7.38. The number of hydrogen-bond acceptors (Lipinski definition) is 2. The second kappa shape index (κ2) is 8.12. The first kappa shape index (κ1) is 13.0. The molecule has 1 atom stereocenters. The Morgan fingerprint density at radius 3 is 2.60 bits per heavy atom. The maximum atomic E-state index is 5.63. The molecule has 0 bridgehead atoms. The van der Waals surface area contributed by atoms with Crippen molar-refractivity contribution in [2.45, 2.75) is 57.9 Å². The lowest BCUT2D eigenvalue weighted by Crippen LogP contribution is -2.33. The van der Waals surface area contributed by atoms with Crippen molar-refractivity contribution in [1.82, 2.24) is 5.32 Å². The second-order valence-corrected chi connectivity index (χ2v) is 4.69. The van der Waals surface area contributed by atoms with Gasteiger partial charge in [-0.3, -0.25) is 0 Å². The van der Waals surface area contributed by atoms with E-state index in [9.17, 15) is 0 Å². The molecule has 0 aliphatic heterocycles. The van der Waals surface area contributed by atoms with Gasteiger partial charge in [0.2, 0.25) is 0 Å². The van der Waals surface area contributed by atoms with Gasteiger partial charge < -0.3 is 10.1 Å². The van der Waals surface area contributed by atoms with Gasteiger partial charge in [0.25, 0.3) is 0 Å². The second-order valence-electron chi connectivity index (χ2n) is 4.69. The maximum Gasteiger partial charge on any atom is 0.0480 e. The highest BCUT2D eigenvalue weighted by Crippen LogP contribution is 2.28. The van der Waals surface area contributed by atoms with Crippen molar-refractivity contribution >= 4 is 0 Å². The summed E-state index contributed by atoms with van der Waals surface area (Å²) < 4.78 is 5.63. The van der Waals surface area contributed by atoms with Crippen LogP contribution in [-0.2, 0) is 4.74 Å². The lowest BCUT2D eigenvalue weighted by Gasteiger charge is -2.22. The molecule has 0 heterocycles. The van der Waals surface area contributed by atoms with Gasteiger partial charge in [0.1, 0.15) is 0 Å². The molecule has 1 aliphatic carbocycles. The monoisotopic (exact) mass is 213 g/mol. The van der Waals surface area contributed by atoms with Gasteiger partial charge >= 0.3 is 0 Å². The lowest BCUT2D eigenvalue weighted by molar-refractivity contribution is 0.115. The van der Waals surface area contributed by atoms with Gasteiger partial charge in [0, 0.05) is 19.3 Å². The normalized spacial score (nSPS) is 19.6. The summed E-state index contributed by atoms with van der Waals surface area (Å²) in [4.78, 5) is 0. The van der Waals surface area contributed by atoms with Gasteiger partial charge in [-0.15, -0.1) is 0 Å². The molecule has 1 fully saturated rings. The van der Waals surface area contributed by atoms with E-state index in [1.807, 2.05) is 0 Å². The summed E-state index contributed by atoms with van der Waals surface area (Å²) in [6.07, 6.45) is 9.32. The van der Waals surface area contributed by atoms with E-state index in [2.05, 4.69) is 19.3 Å². The summed E-state index contributed by atoms with van der Waals surface area (Å²) in [6.45, 7) is 4.08. The first-order valence-electron chi connectivity index (χ1n) is 6.63. The molecule has 1 unspecified atom stereocenters. The van der Waals surface area contributed by atoms with E-state index in [0.29, 0.717) is 6.04 Å². The van der Waals surface area contributed by atoms with Gasteiger partial charge in [-0.1, -0.05) is 26.2 Å². The summed E-state index contributed by atoms with van der Waals surface area (Å²) in [6, 6.07) is 0.689. The highest BCUT2D eigenvalue weighted by Gasteiger charge is 2.23. The van der Waals surface area contributed by atoms with Crippen LogP contribution in [0, 0.1) is 5.92 Å². The molecule has 1 N–H and O–H groups in total. The standard InChI is InChI=1S/C13H27NO/c1-3-4-10-15-11-9-13(14-2)12-7-5-6-8-12/h12-14H,3-11H2,1-2H3. The van der Waals surface area contributed by atoms with Gasteiger partial charge in [-0.25, -0.2) is 0 Å². The van der Waals surface area contributed by atoms with Crippen LogP contribution in [0.3, 0.4) is 0 Å². The van der Waals surface area contributed by atoms with E-state index >= 15 is 0 Å². The Morgan fingerprint density at radius 2 is 2.00 bits per heavy atom. The Morgan fingerprint density at radius 1 is 1.27 bits per heavy atom. The zero-order valence-corrected chi connectivity index (χ0v) is 10.4. The SMILES string of the molecule is CCCCOCCC(NC)C1CCCC1. The number of unbranched alkanes of at least 4 members (excludes halogenated alkanes) is 1. The van der Waals surface area contributed by atoms with Crippen LogP contribution in [0.5, 0.6) is 0 Å². The molecule has 0 radical (unpaired) electrons. The largest absolute Gasteiger partial charge is 0.381 e. The summed E-state index contributed by atoms with van der Waals surface area (Å²) in [5.74, 6) is 0.907. The highest BCUT2D eigenvalue weighted by molar-refractivity contribution is 4.79. The molecule has 90 valence electrons. The molecule has 0 amide bonds. The molecule has 2 heteroatoms. The molecule has 1 rings (SSSR count). The van der Waals surface area contributed by atoms with Gasteiger partial charge in [-0.2, -0.15) is 0 Å². The van der Waals surface area contributed by atoms with Crippen LogP contribution in [-0.4, -0.2) is 26.3 Å². The molecule has 2 nitrogen and oxygen atoms in total. The van der Waals surface area contributed by atoms with Crippen molar-refractivity contribution in [3.63, 3.8) is 0 Å². The average Bonchev–Trinajstić information content (AvgIpc) is 2.77. The minimum Gasteiger partial charge on any atom is -0.381 e. The Hall–Kier alpha value is -0.0800. The Bertz CT molecular complexity index is 143.